The molecule has 7 rings (SSSR count). The molecule has 0 spiro atoms. The highest BCUT2D eigenvalue weighted by molar-refractivity contribution is 6.20. The maximum atomic E-state index is 2.41. The van der Waals surface area contributed by atoms with E-state index in [2.05, 4.69) is 189 Å². The zero-order valence-corrected chi connectivity index (χ0v) is 24.9. The highest BCUT2D eigenvalue weighted by Crippen LogP contribution is 2.52. The van der Waals surface area contributed by atoms with Crippen LogP contribution in [0.15, 0.2) is 175 Å². The van der Waals surface area contributed by atoms with Gasteiger partial charge < -0.3 is 0 Å². The van der Waals surface area contributed by atoms with Crippen LogP contribution in [-0.4, -0.2) is 0 Å². The summed E-state index contributed by atoms with van der Waals surface area (Å²) in [6.07, 6.45) is 4.77. The van der Waals surface area contributed by atoms with Crippen LogP contribution in [0.2, 0.25) is 0 Å². The summed E-state index contributed by atoms with van der Waals surface area (Å²) in [5.41, 5.74) is 15.1. The fraction of sp³-hybridized carbons (Fsp3) is 0.0455. The second kappa shape index (κ2) is 12.4. The molecule has 0 fully saturated rings. The fourth-order valence-corrected chi connectivity index (χ4v) is 6.57. The third-order valence-electron chi connectivity index (χ3n) is 8.53. The van der Waals surface area contributed by atoms with Gasteiger partial charge in [0.1, 0.15) is 0 Å². The summed E-state index contributed by atoms with van der Waals surface area (Å²) >= 11 is 0. The Kier molecular flexibility index (Phi) is 7.72. The predicted molar refractivity (Wildman–Crippen MR) is 189 cm³/mol. The van der Waals surface area contributed by atoms with Crippen LogP contribution in [0.3, 0.4) is 0 Å². The maximum Gasteiger partial charge on any atom is 0.0318 e. The number of allylic oxidation sites excluding steroid dienone is 4. The molecule has 1 atom stereocenters. The number of benzene rings is 6. The van der Waals surface area contributed by atoms with E-state index < -0.39 is 0 Å². The first-order valence-electron chi connectivity index (χ1n) is 15.3. The summed E-state index contributed by atoms with van der Waals surface area (Å²) in [4.78, 5) is 0. The second-order valence-electron chi connectivity index (χ2n) is 11.4. The van der Waals surface area contributed by atoms with Gasteiger partial charge in [-0.1, -0.05) is 182 Å². The number of fused-ring (bicyclic) bond motifs is 1. The zero-order valence-electron chi connectivity index (χ0n) is 24.9. The molecule has 1 aliphatic rings. The molecule has 0 amide bonds. The molecule has 0 N–H and O–H groups in total. The number of hydrogen-bond acceptors (Lipinski definition) is 0. The summed E-state index contributed by atoms with van der Waals surface area (Å²) in [6, 6.07) is 61.0. The maximum absolute atomic E-state index is 2.41. The molecule has 0 heterocycles. The van der Waals surface area contributed by atoms with Gasteiger partial charge in [-0.25, -0.2) is 0 Å². The SMILES string of the molecule is CC1=Cc2c(-c3ccccc3)cccc2C1C(=C(C(=Cc1ccccc1)c1ccccc1)c1ccccc1)c1ccccc1. The van der Waals surface area contributed by atoms with E-state index in [0.29, 0.717) is 0 Å². The molecule has 6 aromatic carbocycles. The van der Waals surface area contributed by atoms with Crippen molar-refractivity contribution in [2.45, 2.75) is 12.8 Å². The van der Waals surface area contributed by atoms with Gasteiger partial charge in [0, 0.05) is 5.92 Å². The van der Waals surface area contributed by atoms with Gasteiger partial charge in [0.2, 0.25) is 0 Å². The van der Waals surface area contributed by atoms with Crippen LogP contribution in [0.25, 0.3) is 40.0 Å². The molecule has 0 bridgehead atoms. The molecule has 0 heteroatoms. The summed E-state index contributed by atoms with van der Waals surface area (Å²) in [5.74, 6) is 0.0918. The van der Waals surface area contributed by atoms with Crippen LogP contribution in [0.4, 0.5) is 0 Å². The summed E-state index contributed by atoms with van der Waals surface area (Å²) in [6.45, 7) is 2.30. The van der Waals surface area contributed by atoms with E-state index in [1.54, 1.807) is 0 Å². The molecule has 0 radical (unpaired) electrons. The van der Waals surface area contributed by atoms with Crippen LogP contribution in [-0.2, 0) is 0 Å². The first-order chi connectivity index (χ1) is 21.8. The molecule has 0 aromatic heterocycles. The van der Waals surface area contributed by atoms with Crippen molar-refractivity contribution in [1.82, 2.24) is 0 Å². The Labute approximate surface area is 261 Å². The molecule has 210 valence electrons. The van der Waals surface area contributed by atoms with Crippen LogP contribution < -0.4 is 0 Å². The van der Waals surface area contributed by atoms with Gasteiger partial charge in [0.25, 0.3) is 0 Å². The van der Waals surface area contributed by atoms with Crippen molar-refractivity contribution in [3.63, 3.8) is 0 Å². The Morgan fingerprint density at radius 2 is 1.02 bits per heavy atom. The van der Waals surface area contributed by atoms with Crippen molar-refractivity contribution < 1.29 is 0 Å². The number of rotatable bonds is 7. The minimum absolute atomic E-state index is 0.0918. The monoisotopic (exact) mass is 562 g/mol. The van der Waals surface area contributed by atoms with Crippen molar-refractivity contribution in [2.24, 2.45) is 0 Å². The topological polar surface area (TPSA) is 0 Å². The Balaban J connectivity index is 1.58. The third-order valence-corrected chi connectivity index (χ3v) is 8.53. The smallest absolute Gasteiger partial charge is 0.0318 e. The quantitative estimate of drug-likeness (QED) is 0.134. The molecule has 0 nitrogen and oxygen atoms in total. The van der Waals surface area contributed by atoms with Crippen molar-refractivity contribution in [3.05, 3.63) is 209 Å². The summed E-state index contributed by atoms with van der Waals surface area (Å²) in [7, 11) is 0. The Morgan fingerprint density at radius 1 is 0.500 bits per heavy atom. The second-order valence-corrected chi connectivity index (χ2v) is 11.4. The Hall–Kier alpha value is -5.46. The number of hydrogen-bond donors (Lipinski definition) is 0. The molecule has 0 saturated heterocycles. The highest BCUT2D eigenvalue weighted by atomic mass is 14.3. The van der Waals surface area contributed by atoms with E-state index in [4.69, 9.17) is 0 Å². The molecule has 1 unspecified atom stereocenters. The summed E-state index contributed by atoms with van der Waals surface area (Å²) in [5, 5.41) is 0. The average molecular weight is 563 g/mol. The fourth-order valence-electron chi connectivity index (χ4n) is 6.57. The molecule has 0 saturated carbocycles. The molecule has 6 aromatic rings. The van der Waals surface area contributed by atoms with Crippen molar-refractivity contribution in [1.29, 1.82) is 0 Å². The largest absolute Gasteiger partial charge is 0.0622 e. The lowest BCUT2D eigenvalue weighted by molar-refractivity contribution is 1.05. The lowest BCUT2D eigenvalue weighted by Gasteiger charge is -2.27. The lowest BCUT2D eigenvalue weighted by Crippen LogP contribution is -2.06. The van der Waals surface area contributed by atoms with Crippen molar-refractivity contribution >= 4 is 28.9 Å². The van der Waals surface area contributed by atoms with Crippen LogP contribution >= 0.6 is 0 Å². The average Bonchev–Trinajstić information content (AvgIpc) is 3.43. The Bertz CT molecular complexity index is 1960. The third kappa shape index (κ3) is 5.39. The van der Waals surface area contributed by atoms with E-state index in [0.717, 1.165) is 0 Å². The molecular formula is C44H34. The lowest BCUT2D eigenvalue weighted by atomic mass is 9.76. The Morgan fingerprint density at radius 3 is 1.64 bits per heavy atom. The summed E-state index contributed by atoms with van der Waals surface area (Å²) < 4.78 is 0. The van der Waals surface area contributed by atoms with E-state index >= 15 is 0 Å². The normalized spacial score (nSPS) is 14.9. The van der Waals surface area contributed by atoms with Crippen molar-refractivity contribution in [3.8, 4) is 11.1 Å². The van der Waals surface area contributed by atoms with Crippen LogP contribution in [0, 0.1) is 0 Å². The molecule has 44 heavy (non-hydrogen) atoms. The molecule has 1 aliphatic carbocycles. The predicted octanol–water partition coefficient (Wildman–Crippen LogP) is 11.7. The zero-order chi connectivity index (χ0) is 29.7. The van der Waals surface area contributed by atoms with Crippen LogP contribution in [0.5, 0.6) is 0 Å². The van der Waals surface area contributed by atoms with Crippen molar-refractivity contribution in [2.75, 3.05) is 0 Å². The van der Waals surface area contributed by atoms with Gasteiger partial charge >= 0.3 is 0 Å². The van der Waals surface area contributed by atoms with Gasteiger partial charge in [0.05, 0.1) is 0 Å². The minimum atomic E-state index is 0.0918. The molecular weight excluding hydrogens is 528 g/mol. The first kappa shape index (κ1) is 27.4. The van der Waals surface area contributed by atoms with E-state index in [-0.39, 0.29) is 5.92 Å². The van der Waals surface area contributed by atoms with E-state index in [9.17, 15) is 0 Å². The standard InChI is InChI=1S/C44H34/c1-32-30-41-38(34-20-9-3-10-21-34)28-17-29-39(41)42(32)44(37-26-15-6-16-27-37)43(36-24-13-5-14-25-36)40(35-22-11-4-12-23-35)31-33-18-7-2-8-19-33/h2-31,42H,1H3. The van der Waals surface area contributed by atoms with Gasteiger partial charge in [-0.2, -0.15) is 0 Å². The minimum Gasteiger partial charge on any atom is -0.0622 e. The first-order valence-corrected chi connectivity index (χ1v) is 15.3. The van der Waals surface area contributed by atoms with Crippen LogP contribution in [0.1, 0.15) is 46.2 Å². The van der Waals surface area contributed by atoms with Gasteiger partial charge in [0.15, 0.2) is 0 Å². The molecule has 0 aliphatic heterocycles. The van der Waals surface area contributed by atoms with Gasteiger partial charge in [-0.15, -0.1) is 0 Å². The van der Waals surface area contributed by atoms with Gasteiger partial charge in [-0.3, -0.25) is 0 Å². The van der Waals surface area contributed by atoms with E-state index in [1.165, 1.54) is 66.8 Å². The van der Waals surface area contributed by atoms with E-state index in [1.807, 2.05) is 0 Å². The highest BCUT2D eigenvalue weighted by Gasteiger charge is 2.32. The van der Waals surface area contributed by atoms with Gasteiger partial charge in [-0.05, 0) is 74.2 Å².